The SMILES string of the molecule is CCCCCCCCCCCCCCCCCC(=O)SCCSC. The molecule has 24 heavy (non-hydrogen) atoms. The lowest BCUT2D eigenvalue weighted by molar-refractivity contribution is -0.111. The zero-order valence-electron chi connectivity index (χ0n) is 16.5. The highest BCUT2D eigenvalue weighted by Gasteiger charge is 2.02. The Balaban J connectivity index is 3.06. The van der Waals surface area contributed by atoms with Crippen molar-refractivity contribution in [2.75, 3.05) is 17.8 Å². The molecule has 0 bridgehead atoms. The highest BCUT2D eigenvalue weighted by Crippen LogP contribution is 2.15. The van der Waals surface area contributed by atoms with Gasteiger partial charge in [-0.2, -0.15) is 11.8 Å². The first-order valence-corrected chi connectivity index (χ1v) is 12.8. The van der Waals surface area contributed by atoms with Gasteiger partial charge in [0.05, 0.1) is 0 Å². The minimum absolute atomic E-state index is 0.402. The molecule has 0 aromatic carbocycles. The molecule has 0 unspecified atom stereocenters. The van der Waals surface area contributed by atoms with Crippen LogP contribution in [0.4, 0.5) is 0 Å². The third kappa shape index (κ3) is 20.4. The summed E-state index contributed by atoms with van der Waals surface area (Å²) >= 11 is 3.35. The molecule has 0 amide bonds. The van der Waals surface area contributed by atoms with Gasteiger partial charge in [0, 0.05) is 17.9 Å². The lowest BCUT2D eigenvalue weighted by Gasteiger charge is -2.03. The van der Waals surface area contributed by atoms with E-state index in [4.69, 9.17) is 0 Å². The van der Waals surface area contributed by atoms with E-state index < -0.39 is 0 Å². The molecule has 0 heterocycles. The van der Waals surface area contributed by atoms with E-state index in [0.717, 1.165) is 24.3 Å². The van der Waals surface area contributed by atoms with Crippen molar-refractivity contribution in [3.8, 4) is 0 Å². The van der Waals surface area contributed by atoms with Gasteiger partial charge in [-0.3, -0.25) is 4.79 Å². The third-order valence-electron chi connectivity index (χ3n) is 4.53. The molecule has 0 aromatic rings. The number of hydrogen-bond acceptors (Lipinski definition) is 3. The molecular formula is C21H42OS2. The Kier molecular flexibility index (Phi) is 21.7. The van der Waals surface area contributed by atoms with Crippen molar-refractivity contribution in [1.82, 2.24) is 0 Å². The van der Waals surface area contributed by atoms with Crippen LogP contribution in [0.25, 0.3) is 0 Å². The molecule has 0 rings (SSSR count). The van der Waals surface area contributed by atoms with E-state index in [-0.39, 0.29) is 0 Å². The Morgan fingerprint density at radius 2 is 1.04 bits per heavy atom. The maximum atomic E-state index is 11.6. The number of rotatable bonds is 19. The largest absolute Gasteiger partial charge is 0.287 e. The molecule has 0 aliphatic carbocycles. The lowest BCUT2D eigenvalue weighted by Crippen LogP contribution is -1.95. The Morgan fingerprint density at radius 1 is 0.625 bits per heavy atom. The average molecular weight is 375 g/mol. The van der Waals surface area contributed by atoms with Crippen LogP contribution in [0.1, 0.15) is 110 Å². The predicted octanol–water partition coefficient (Wildman–Crippen LogP) is 7.87. The van der Waals surface area contributed by atoms with Gasteiger partial charge in [0.1, 0.15) is 0 Å². The summed E-state index contributed by atoms with van der Waals surface area (Å²) in [6.45, 7) is 2.28. The van der Waals surface area contributed by atoms with Crippen molar-refractivity contribution in [3.05, 3.63) is 0 Å². The van der Waals surface area contributed by atoms with E-state index in [1.54, 1.807) is 0 Å². The fourth-order valence-corrected chi connectivity index (χ4v) is 4.47. The van der Waals surface area contributed by atoms with Gasteiger partial charge in [-0.25, -0.2) is 0 Å². The summed E-state index contributed by atoms with van der Waals surface area (Å²) < 4.78 is 0. The van der Waals surface area contributed by atoms with Crippen molar-refractivity contribution >= 4 is 28.6 Å². The normalized spacial score (nSPS) is 11.1. The van der Waals surface area contributed by atoms with E-state index in [2.05, 4.69) is 13.2 Å². The standard InChI is InChI=1S/C21H42OS2/c1-3-4-5-6-7-8-9-10-11-12-13-14-15-16-17-18-21(22)24-20-19-23-2/h3-20H2,1-2H3. The molecule has 0 atom stereocenters. The molecule has 1 nitrogen and oxygen atoms in total. The quantitative estimate of drug-likeness (QED) is 0.214. The topological polar surface area (TPSA) is 17.1 Å². The Labute approximate surface area is 160 Å². The fourth-order valence-electron chi connectivity index (χ4n) is 2.95. The third-order valence-corrected chi connectivity index (χ3v) is 6.34. The molecule has 0 saturated carbocycles. The monoisotopic (exact) mass is 374 g/mol. The summed E-state index contributed by atoms with van der Waals surface area (Å²) in [6, 6.07) is 0. The van der Waals surface area contributed by atoms with E-state index in [1.165, 1.54) is 102 Å². The Morgan fingerprint density at radius 3 is 1.46 bits per heavy atom. The van der Waals surface area contributed by atoms with E-state index >= 15 is 0 Å². The van der Waals surface area contributed by atoms with E-state index in [1.807, 2.05) is 11.8 Å². The van der Waals surface area contributed by atoms with Crippen molar-refractivity contribution in [2.45, 2.75) is 110 Å². The van der Waals surface area contributed by atoms with Gasteiger partial charge in [0.15, 0.2) is 5.12 Å². The molecule has 0 aromatic heterocycles. The second-order valence-electron chi connectivity index (χ2n) is 6.91. The van der Waals surface area contributed by atoms with Gasteiger partial charge >= 0.3 is 0 Å². The Hall–Kier alpha value is 0.370. The molecule has 0 N–H and O–H groups in total. The fraction of sp³-hybridized carbons (Fsp3) is 0.952. The van der Waals surface area contributed by atoms with Gasteiger partial charge in [-0.1, -0.05) is 109 Å². The first kappa shape index (κ1) is 24.4. The maximum absolute atomic E-state index is 11.6. The molecule has 0 radical (unpaired) electrons. The summed E-state index contributed by atoms with van der Waals surface area (Å²) in [5.41, 5.74) is 0. The van der Waals surface area contributed by atoms with E-state index in [0.29, 0.717) is 5.12 Å². The number of carbonyl (C=O) groups is 1. The van der Waals surface area contributed by atoms with Gasteiger partial charge < -0.3 is 0 Å². The van der Waals surface area contributed by atoms with Crippen LogP contribution >= 0.6 is 23.5 Å². The van der Waals surface area contributed by atoms with Gasteiger partial charge in [0.2, 0.25) is 0 Å². The first-order chi connectivity index (χ1) is 11.8. The maximum Gasteiger partial charge on any atom is 0.188 e. The van der Waals surface area contributed by atoms with E-state index in [9.17, 15) is 4.79 Å². The van der Waals surface area contributed by atoms with Gasteiger partial charge in [-0.15, -0.1) is 0 Å². The van der Waals surface area contributed by atoms with Crippen LogP contribution in [0, 0.1) is 0 Å². The first-order valence-electron chi connectivity index (χ1n) is 10.5. The van der Waals surface area contributed by atoms with Crippen LogP contribution < -0.4 is 0 Å². The summed E-state index contributed by atoms with van der Waals surface area (Å²) in [4.78, 5) is 11.6. The molecule has 0 fully saturated rings. The molecule has 3 heteroatoms. The molecule has 0 spiro atoms. The Bertz CT molecular complexity index is 256. The highest BCUT2D eigenvalue weighted by atomic mass is 32.2. The molecule has 144 valence electrons. The summed E-state index contributed by atoms with van der Waals surface area (Å²) in [7, 11) is 0. The minimum atomic E-state index is 0.402. The zero-order valence-corrected chi connectivity index (χ0v) is 18.1. The minimum Gasteiger partial charge on any atom is -0.287 e. The lowest BCUT2D eigenvalue weighted by atomic mass is 10.0. The number of thioether (sulfide) groups is 2. The van der Waals surface area contributed by atoms with Crippen LogP contribution in [-0.2, 0) is 4.79 Å². The van der Waals surface area contributed by atoms with Crippen LogP contribution in [-0.4, -0.2) is 22.9 Å². The summed E-state index contributed by atoms with van der Waals surface area (Å²) in [6.07, 6.45) is 23.6. The van der Waals surface area contributed by atoms with Crippen molar-refractivity contribution in [3.63, 3.8) is 0 Å². The molecule has 0 aliphatic heterocycles. The number of hydrogen-bond donors (Lipinski definition) is 0. The van der Waals surface area contributed by atoms with Crippen LogP contribution in [0.3, 0.4) is 0 Å². The van der Waals surface area contributed by atoms with Crippen molar-refractivity contribution in [2.24, 2.45) is 0 Å². The van der Waals surface area contributed by atoms with Crippen molar-refractivity contribution < 1.29 is 4.79 Å². The zero-order chi connectivity index (χ0) is 17.7. The number of unbranched alkanes of at least 4 members (excludes halogenated alkanes) is 14. The van der Waals surface area contributed by atoms with Crippen molar-refractivity contribution in [1.29, 1.82) is 0 Å². The highest BCUT2D eigenvalue weighted by molar-refractivity contribution is 8.14. The van der Waals surface area contributed by atoms with Gasteiger partial charge in [0.25, 0.3) is 0 Å². The van der Waals surface area contributed by atoms with Crippen LogP contribution in [0.15, 0.2) is 0 Å². The molecule has 0 saturated heterocycles. The number of carbonyl (C=O) groups excluding carboxylic acids is 1. The molecule has 0 aliphatic rings. The van der Waals surface area contributed by atoms with Crippen LogP contribution in [0.2, 0.25) is 0 Å². The second-order valence-corrected chi connectivity index (χ2v) is 9.05. The predicted molar refractivity (Wildman–Crippen MR) is 115 cm³/mol. The van der Waals surface area contributed by atoms with Gasteiger partial charge in [-0.05, 0) is 12.7 Å². The van der Waals surface area contributed by atoms with Crippen LogP contribution in [0.5, 0.6) is 0 Å². The molecular weight excluding hydrogens is 332 g/mol. The summed E-state index contributed by atoms with van der Waals surface area (Å²) in [5, 5.41) is 0.402. The second kappa shape index (κ2) is 21.4. The smallest absolute Gasteiger partial charge is 0.188 e. The average Bonchev–Trinajstić information content (AvgIpc) is 2.58. The summed E-state index contributed by atoms with van der Waals surface area (Å²) in [5.74, 6) is 2.08.